The lowest BCUT2D eigenvalue weighted by Gasteiger charge is -2.20. The number of ether oxygens (including phenoxy) is 2. The molecule has 6 heteroatoms. The van der Waals surface area contributed by atoms with Crippen molar-refractivity contribution in [3.63, 3.8) is 0 Å². The second-order valence-electron chi connectivity index (χ2n) is 4.41. The third-order valence-electron chi connectivity index (χ3n) is 3.15. The fourth-order valence-electron chi connectivity index (χ4n) is 2.10. The SMILES string of the molecule is COc1cc(OC)cc(C(NN)c2ccc(Cl)cc2Cl)c1. The van der Waals surface area contributed by atoms with Gasteiger partial charge in [-0.25, -0.2) is 5.43 Å². The van der Waals surface area contributed by atoms with Crippen molar-refractivity contribution in [2.45, 2.75) is 6.04 Å². The summed E-state index contributed by atoms with van der Waals surface area (Å²) in [5.41, 5.74) is 4.45. The molecule has 21 heavy (non-hydrogen) atoms. The second kappa shape index (κ2) is 7.00. The van der Waals surface area contributed by atoms with Crippen molar-refractivity contribution in [3.05, 3.63) is 57.6 Å². The zero-order valence-electron chi connectivity index (χ0n) is 11.7. The molecule has 0 fully saturated rings. The largest absolute Gasteiger partial charge is 0.497 e. The molecule has 1 unspecified atom stereocenters. The number of methoxy groups -OCH3 is 2. The van der Waals surface area contributed by atoms with Crippen molar-refractivity contribution in [1.29, 1.82) is 0 Å². The summed E-state index contributed by atoms with van der Waals surface area (Å²) < 4.78 is 10.5. The van der Waals surface area contributed by atoms with Crippen LogP contribution in [0.15, 0.2) is 36.4 Å². The van der Waals surface area contributed by atoms with Gasteiger partial charge in [-0.05, 0) is 35.4 Å². The number of rotatable bonds is 5. The maximum Gasteiger partial charge on any atom is 0.122 e. The molecule has 1 atom stereocenters. The minimum absolute atomic E-state index is 0.307. The first-order chi connectivity index (χ1) is 10.1. The van der Waals surface area contributed by atoms with E-state index < -0.39 is 0 Å². The van der Waals surface area contributed by atoms with Crippen LogP contribution in [0.2, 0.25) is 10.0 Å². The summed E-state index contributed by atoms with van der Waals surface area (Å²) in [4.78, 5) is 0. The molecule has 0 bridgehead atoms. The van der Waals surface area contributed by atoms with E-state index >= 15 is 0 Å². The number of benzene rings is 2. The Balaban J connectivity index is 2.50. The Morgan fingerprint density at radius 2 is 1.62 bits per heavy atom. The number of nitrogens with two attached hydrogens (primary N) is 1. The summed E-state index contributed by atoms with van der Waals surface area (Å²) in [5.74, 6) is 7.05. The first kappa shape index (κ1) is 15.9. The molecule has 0 aromatic heterocycles. The minimum atomic E-state index is -0.307. The predicted octanol–water partition coefficient (Wildman–Crippen LogP) is 3.56. The maximum atomic E-state index is 6.26. The number of halogens is 2. The van der Waals surface area contributed by atoms with Gasteiger partial charge in [-0.3, -0.25) is 5.84 Å². The lowest BCUT2D eigenvalue weighted by atomic mass is 9.98. The average Bonchev–Trinajstić information content (AvgIpc) is 2.49. The van der Waals surface area contributed by atoms with Gasteiger partial charge in [0.25, 0.3) is 0 Å². The van der Waals surface area contributed by atoms with Crippen molar-refractivity contribution in [2.24, 2.45) is 5.84 Å². The molecule has 3 N–H and O–H groups in total. The van der Waals surface area contributed by atoms with Crippen molar-refractivity contribution >= 4 is 23.2 Å². The fourth-order valence-corrected chi connectivity index (χ4v) is 2.61. The first-order valence-corrected chi connectivity index (χ1v) is 6.98. The van der Waals surface area contributed by atoms with Gasteiger partial charge >= 0.3 is 0 Å². The average molecular weight is 327 g/mol. The summed E-state index contributed by atoms with van der Waals surface area (Å²) in [6, 6.07) is 10.5. The van der Waals surface area contributed by atoms with Crippen molar-refractivity contribution < 1.29 is 9.47 Å². The monoisotopic (exact) mass is 326 g/mol. The molecular formula is C15H16Cl2N2O2. The fraction of sp³-hybridized carbons (Fsp3) is 0.200. The summed E-state index contributed by atoms with van der Waals surface area (Å²) in [6.45, 7) is 0. The predicted molar refractivity (Wildman–Crippen MR) is 85.2 cm³/mol. The van der Waals surface area contributed by atoms with E-state index in [1.54, 1.807) is 32.4 Å². The Labute approximate surface area is 133 Å². The highest BCUT2D eigenvalue weighted by atomic mass is 35.5. The van der Waals surface area contributed by atoms with Crippen molar-refractivity contribution in [2.75, 3.05) is 14.2 Å². The van der Waals surface area contributed by atoms with Crippen LogP contribution in [0.25, 0.3) is 0 Å². The topological polar surface area (TPSA) is 56.5 Å². The zero-order valence-corrected chi connectivity index (χ0v) is 13.2. The van der Waals surface area contributed by atoms with Crippen LogP contribution in [0.1, 0.15) is 17.2 Å². The smallest absolute Gasteiger partial charge is 0.122 e. The Morgan fingerprint density at radius 1 is 1.00 bits per heavy atom. The number of hydrazine groups is 1. The molecule has 0 aliphatic carbocycles. The molecule has 0 spiro atoms. The van der Waals surface area contributed by atoms with E-state index in [9.17, 15) is 0 Å². The Kier molecular flexibility index (Phi) is 5.31. The number of hydrogen-bond donors (Lipinski definition) is 2. The highest BCUT2D eigenvalue weighted by Gasteiger charge is 2.17. The van der Waals surface area contributed by atoms with Crippen LogP contribution in [0.3, 0.4) is 0 Å². The van der Waals surface area contributed by atoms with Crippen molar-refractivity contribution in [3.8, 4) is 11.5 Å². The van der Waals surface area contributed by atoms with Crippen LogP contribution in [0, 0.1) is 0 Å². The quantitative estimate of drug-likeness (QED) is 0.651. The number of hydrogen-bond acceptors (Lipinski definition) is 4. The van der Waals surface area contributed by atoms with Gasteiger partial charge in [0.05, 0.1) is 20.3 Å². The molecule has 0 saturated carbocycles. The molecule has 4 nitrogen and oxygen atoms in total. The Morgan fingerprint density at radius 3 is 2.10 bits per heavy atom. The van der Waals surface area contributed by atoms with E-state index in [-0.39, 0.29) is 6.04 Å². The Bertz CT molecular complexity index is 613. The van der Waals surface area contributed by atoms with Crippen LogP contribution >= 0.6 is 23.2 Å². The highest BCUT2D eigenvalue weighted by Crippen LogP contribution is 2.33. The van der Waals surface area contributed by atoms with Crippen LogP contribution < -0.4 is 20.7 Å². The van der Waals surface area contributed by atoms with Gasteiger partial charge in [-0.15, -0.1) is 0 Å². The van der Waals surface area contributed by atoms with Crippen LogP contribution in [-0.2, 0) is 0 Å². The Hall–Kier alpha value is -1.46. The van der Waals surface area contributed by atoms with Gasteiger partial charge < -0.3 is 9.47 Å². The van der Waals surface area contributed by atoms with E-state index in [0.717, 1.165) is 11.1 Å². The molecule has 0 radical (unpaired) electrons. The van der Waals surface area contributed by atoms with Crippen LogP contribution in [0.4, 0.5) is 0 Å². The normalized spacial score (nSPS) is 12.0. The van der Waals surface area contributed by atoms with Gasteiger partial charge in [0.2, 0.25) is 0 Å². The van der Waals surface area contributed by atoms with Crippen LogP contribution in [0.5, 0.6) is 11.5 Å². The van der Waals surface area contributed by atoms with Crippen molar-refractivity contribution in [1.82, 2.24) is 5.43 Å². The molecule has 2 rings (SSSR count). The standard InChI is InChI=1S/C15H16Cl2N2O2/c1-20-11-5-9(6-12(8-11)21-2)15(19-18)13-4-3-10(16)7-14(13)17/h3-8,15,19H,18H2,1-2H3. The van der Waals surface area contributed by atoms with Gasteiger partial charge in [-0.2, -0.15) is 0 Å². The first-order valence-electron chi connectivity index (χ1n) is 6.23. The molecular weight excluding hydrogens is 311 g/mol. The molecule has 2 aromatic carbocycles. The van der Waals surface area contributed by atoms with Gasteiger partial charge in [0, 0.05) is 16.1 Å². The van der Waals surface area contributed by atoms with Gasteiger partial charge in [0.15, 0.2) is 0 Å². The van der Waals surface area contributed by atoms with Gasteiger partial charge in [-0.1, -0.05) is 29.3 Å². The van der Waals surface area contributed by atoms with E-state index in [1.807, 2.05) is 18.2 Å². The lowest BCUT2D eigenvalue weighted by Crippen LogP contribution is -2.29. The minimum Gasteiger partial charge on any atom is -0.497 e. The molecule has 0 aliphatic heterocycles. The summed E-state index contributed by atoms with van der Waals surface area (Å²) in [6.07, 6.45) is 0. The van der Waals surface area contributed by atoms with Crippen LogP contribution in [-0.4, -0.2) is 14.2 Å². The van der Waals surface area contributed by atoms with E-state index in [1.165, 1.54) is 0 Å². The second-order valence-corrected chi connectivity index (χ2v) is 5.26. The maximum absolute atomic E-state index is 6.26. The molecule has 0 amide bonds. The zero-order chi connectivity index (χ0) is 15.4. The van der Waals surface area contributed by atoms with E-state index in [4.69, 9.17) is 38.5 Å². The molecule has 112 valence electrons. The molecule has 0 heterocycles. The van der Waals surface area contributed by atoms with Gasteiger partial charge in [0.1, 0.15) is 11.5 Å². The third kappa shape index (κ3) is 3.60. The molecule has 2 aromatic rings. The molecule has 0 aliphatic rings. The summed E-state index contributed by atoms with van der Waals surface area (Å²) in [5, 5.41) is 1.11. The summed E-state index contributed by atoms with van der Waals surface area (Å²) in [7, 11) is 3.19. The highest BCUT2D eigenvalue weighted by molar-refractivity contribution is 6.35. The molecule has 0 saturated heterocycles. The van der Waals surface area contributed by atoms with E-state index in [2.05, 4.69) is 5.43 Å². The third-order valence-corrected chi connectivity index (χ3v) is 3.71. The van der Waals surface area contributed by atoms with E-state index in [0.29, 0.717) is 21.5 Å². The summed E-state index contributed by atoms with van der Waals surface area (Å²) >= 11 is 12.2. The number of nitrogens with one attached hydrogen (secondary N) is 1. The lowest BCUT2D eigenvalue weighted by molar-refractivity contribution is 0.392.